The normalized spacial score (nSPS) is 23.9. The Bertz CT molecular complexity index is 481. The molecule has 0 saturated heterocycles. The fourth-order valence-corrected chi connectivity index (χ4v) is 3.07. The summed E-state index contributed by atoms with van der Waals surface area (Å²) in [6.07, 6.45) is 8.01. The molecule has 0 aromatic rings. The number of carbonyl (C=O) groups excluding carboxylic acids is 3. The van der Waals surface area contributed by atoms with Crippen LogP contribution in [0.1, 0.15) is 46.0 Å². The number of amides is 2. The molecule has 1 aliphatic heterocycles. The molecular formula is C17H26N2O4. The summed E-state index contributed by atoms with van der Waals surface area (Å²) in [7, 11) is 0. The molecule has 128 valence electrons. The average Bonchev–Trinajstić information content (AvgIpc) is 3.07. The van der Waals surface area contributed by atoms with Gasteiger partial charge < -0.3 is 20.2 Å². The van der Waals surface area contributed by atoms with Crippen molar-refractivity contribution in [3.63, 3.8) is 0 Å². The molecule has 2 atom stereocenters. The van der Waals surface area contributed by atoms with E-state index in [0.29, 0.717) is 19.4 Å². The molecule has 1 heterocycles. The van der Waals surface area contributed by atoms with Crippen molar-refractivity contribution in [2.24, 2.45) is 11.8 Å². The van der Waals surface area contributed by atoms with Crippen molar-refractivity contribution in [3.8, 4) is 0 Å². The van der Waals surface area contributed by atoms with Gasteiger partial charge in [-0.1, -0.05) is 33.1 Å². The third-order valence-corrected chi connectivity index (χ3v) is 4.69. The van der Waals surface area contributed by atoms with E-state index in [1.807, 2.05) is 13.8 Å². The van der Waals surface area contributed by atoms with Crippen LogP contribution in [-0.2, 0) is 19.1 Å². The van der Waals surface area contributed by atoms with Crippen LogP contribution in [0.15, 0.2) is 12.3 Å². The highest BCUT2D eigenvalue weighted by Crippen LogP contribution is 2.29. The first-order chi connectivity index (χ1) is 11.0. The highest BCUT2D eigenvalue weighted by Gasteiger charge is 2.42. The Hall–Kier alpha value is -1.85. The molecule has 6 heteroatoms. The zero-order chi connectivity index (χ0) is 16.9. The fourth-order valence-electron chi connectivity index (χ4n) is 3.07. The van der Waals surface area contributed by atoms with Gasteiger partial charge in [0.2, 0.25) is 11.8 Å². The maximum atomic E-state index is 12.8. The Labute approximate surface area is 137 Å². The van der Waals surface area contributed by atoms with Gasteiger partial charge in [0.15, 0.2) is 0 Å². The van der Waals surface area contributed by atoms with E-state index in [1.54, 1.807) is 6.08 Å². The molecule has 6 nitrogen and oxygen atoms in total. The Morgan fingerprint density at radius 1 is 1.26 bits per heavy atom. The molecule has 2 rings (SSSR count). The van der Waals surface area contributed by atoms with E-state index < -0.39 is 11.6 Å². The quantitative estimate of drug-likeness (QED) is 0.722. The molecule has 2 aliphatic rings. The van der Waals surface area contributed by atoms with Crippen molar-refractivity contribution in [2.75, 3.05) is 6.61 Å². The summed E-state index contributed by atoms with van der Waals surface area (Å²) in [5.41, 5.74) is -0.915. The third-order valence-electron chi connectivity index (χ3n) is 4.69. The molecule has 1 saturated carbocycles. The number of carbonyl (C=O) groups is 3. The van der Waals surface area contributed by atoms with Gasteiger partial charge in [-0.15, -0.1) is 0 Å². The number of hydrogen-bond acceptors (Lipinski definition) is 4. The Kier molecular flexibility index (Phi) is 5.80. The first kappa shape index (κ1) is 17.5. The van der Waals surface area contributed by atoms with Gasteiger partial charge in [0.1, 0.15) is 18.4 Å². The molecule has 1 aliphatic carbocycles. The lowest BCUT2D eigenvalue weighted by molar-refractivity contribution is -0.137. The Morgan fingerprint density at radius 2 is 1.96 bits per heavy atom. The first-order valence-corrected chi connectivity index (χ1v) is 8.35. The third kappa shape index (κ3) is 4.12. The van der Waals surface area contributed by atoms with Gasteiger partial charge in [0.05, 0.1) is 18.2 Å². The molecular weight excluding hydrogens is 296 g/mol. The van der Waals surface area contributed by atoms with E-state index >= 15 is 0 Å². The van der Waals surface area contributed by atoms with Gasteiger partial charge >= 0.3 is 0 Å². The van der Waals surface area contributed by atoms with Gasteiger partial charge in [-0.2, -0.15) is 0 Å². The van der Waals surface area contributed by atoms with Gasteiger partial charge in [-0.05, 0) is 24.8 Å². The van der Waals surface area contributed by atoms with Crippen LogP contribution in [0, 0.1) is 11.8 Å². The molecule has 2 amide bonds. The van der Waals surface area contributed by atoms with E-state index in [4.69, 9.17) is 4.74 Å². The fraction of sp³-hybridized carbons (Fsp3) is 0.706. The van der Waals surface area contributed by atoms with Crippen molar-refractivity contribution in [2.45, 2.75) is 57.5 Å². The maximum Gasteiger partial charge on any atom is 0.246 e. The molecule has 1 unspecified atom stereocenters. The molecule has 1 fully saturated rings. The summed E-state index contributed by atoms with van der Waals surface area (Å²) in [5, 5.41) is 5.75. The average molecular weight is 322 g/mol. The van der Waals surface area contributed by atoms with Crippen LogP contribution >= 0.6 is 0 Å². The standard InChI is InChI=1S/C17H26N2O4/c1-12(2)14(10-20)18-16(22)17(7-4-3-5-8-17)19-15(21)13-6-9-23-11-13/h6,9-10,12-14H,3-5,7-8,11H2,1-2H3,(H,18,22)(H,19,21)/t13?,14-/m1/s1. The van der Waals surface area contributed by atoms with Crippen LogP contribution in [0.3, 0.4) is 0 Å². The van der Waals surface area contributed by atoms with Crippen molar-refractivity contribution in [1.82, 2.24) is 10.6 Å². The molecule has 0 aromatic carbocycles. The predicted molar refractivity (Wildman–Crippen MR) is 85.4 cm³/mol. The molecule has 0 aromatic heterocycles. The highest BCUT2D eigenvalue weighted by molar-refractivity contribution is 5.94. The van der Waals surface area contributed by atoms with Crippen LogP contribution < -0.4 is 10.6 Å². The van der Waals surface area contributed by atoms with Gasteiger partial charge in [-0.25, -0.2) is 0 Å². The predicted octanol–water partition coefficient (Wildman–Crippen LogP) is 1.31. The second kappa shape index (κ2) is 7.62. The van der Waals surface area contributed by atoms with Crippen molar-refractivity contribution in [1.29, 1.82) is 0 Å². The van der Waals surface area contributed by atoms with Crippen molar-refractivity contribution >= 4 is 18.1 Å². The van der Waals surface area contributed by atoms with E-state index in [2.05, 4.69) is 10.6 Å². The zero-order valence-electron chi connectivity index (χ0n) is 13.8. The zero-order valence-corrected chi connectivity index (χ0v) is 13.8. The number of nitrogens with one attached hydrogen (secondary N) is 2. The van der Waals surface area contributed by atoms with Gasteiger partial charge in [0, 0.05) is 0 Å². The second-order valence-corrected chi connectivity index (χ2v) is 6.78. The first-order valence-electron chi connectivity index (χ1n) is 8.35. The SMILES string of the molecule is CC(C)[C@@H](C=O)NC(=O)C1(NC(=O)C2C=COC2)CCCCC1. The number of rotatable bonds is 6. The van der Waals surface area contributed by atoms with Gasteiger partial charge in [0.25, 0.3) is 0 Å². The minimum atomic E-state index is -0.915. The lowest BCUT2D eigenvalue weighted by Crippen LogP contribution is -2.62. The second-order valence-electron chi connectivity index (χ2n) is 6.78. The monoisotopic (exact) mass is 322 g/mol. The van der Waals surface area contributed by atoms with E-state index in [9.17, 15) is 14.4 Å². The van der Waals surface area contributed by atoms with E-state index in [0.717, 1.165) is 25.5 Å². The molecule has 0 spiro atoms. The maximum absolute atomic E-state index is 12.8. The molecule has 2 N–H and O–H groups in total. The number of hydrogen-bond donors (Lipinski definition) is 2. The van der Waals surface area contributed by atoms with Crippen LogP contribution in [0.5, 0.6) is 0 Å². The van der Waals surface area contributed by atoms with E-state index in [1.165, 1.54) is 6.26 Å². The molecule has 0 radical (unpaired) electrons. The summed E-state index contributed by atoms with van der Waals surface area (Å²) in [6.45, 7) is 4.07. The lowest BCUT2D eigenvalue weighted by atomic mass is 9.80. The number of aldehydes is 1. The molecule has 0 bridgehead atoms. The van der Waals surface area contributed by atoms with Crippen LogP contribution in [0.4, 0.5) is 0 Å². The Balaban J connectivity index is 2.10. The number of ether oxygens (including phenoxy) is 1. The Morgan fingerprint density at radius 3 is 2.48 bits per heavy atom. The smallest absolute Gasteiger partial charge is 0.246 e. The lowest BCUT2D eigenvalue weighted by Gasteiger charge is -2.38. The summed E-state index contributed by atoms with van der Waals surface area (Å²) in [5.74, 6) is -0.783. The van der Waals surface area contributed by atoms with E-state index in [-0.39, 0.29) is 23.7 Å². The summed E-state index contributed by atoms with van der Waals surface area (Å²) in [6, 6.07) is -0.534. The summed E-state index contributed by atoms with van der Waals surface area (Å²) in [4.78, 5) is 36.4. The van der Waals surface area contributed by atoms with Crippen LogP contribution in [-0.4, -0.2) is 36.3 Å². The van der Waals surface area contributed by atoms with Crippen molar-refractivity contribution < 1.29 is 19.1 Å². The highest BCUT2D eigenvalue weighted by atomic mass is 16.5. The van der Waals surface area contributed by atoms with Crippen LogP contribution in [0.25, 0.3) is 0 Å². The van der Waals surface area contributed by atoms with Crippen LogP contribution in [0.2, 0.25) is 0 Å². The minimum absolute atomic E-state index is 0.0129. The topological polar surface area (TPSA) is 84.5 Å². The summed E-state index contributed by atoms with van der Waals surface area (Å²) < 4.78 is 5.09. The minimum Gasteiger partial charge on any atom is -0.500 e. The van der Waals surface area contributed by atoms with Crippen molar-refractivity contribution in [3.05, 3.63) is 12.3 Å². The largest absolute Gasteiger partial charge is 0.500 e. The van der Waals surface area contributed by atoms with Gasteiger partial charge in [-0.3, -0.25) is 9.59 Å². The molecule has 23 heavy (non-hydrogen) atoms. The summed E-state index contributed by atoms with van der Waals surface area (Å²) >= 11 is 0.